The Kier molecular flexibility index (Phi) is 5.19. The molecule has 0 aliphatic carbocycles. The monoisotopic (exact) mass is 247 g/mol. The van der Waals surface area contributed by atoms with Crippen LogP contribution >= 0.6 is 0 Å². The molecule has 4 nitrogen and oxygen atoms in total. The molecular weight excluding hydrogens is 230 g/mol. The number of nitriles is 1. The van der Waals surface area contributed by atoms with Gasteiger partial charge in [0, 0.05) is 0 Å². The van der Waals surface area contributed by atoms with Crippen LogP contribution in [0.4, 0.5) is 0 Å². The fourth-order valence-electron chi connectivity index (χ4n) is 1.79. The summed E-state index contributed by atoms with van der Waals surface area (Å²) in [5.41, 5.74) is 2.00. The summed E-state index contributed by atoms with van der Waals surface area (Å²) in [6.45, 7) is 2.03. The molecule has 0 saturated carbocycles. The molecular formula is C14H17NO3. The van der Waals surface area contributed by atoms with Crippen molar-refractivity contribution in [3.8, 4) is 11.8 Å². The van der Waals surface area contributed by atoms with Crippen LogP contribution in [0.25, 0.3) is 0 Å². The van der Waals surface area contributed by atoms with E-state index in [4.69, 9.17) is 10.00 Å². The minimum Gasteiger partial charge on any atom is -0.496 e. The highest BCUT2D eigenvalue weighted by Gasteiger charge is 2.19. The number of benzene rings is 1. The van der Waals surface area contributed by atoms with Crippen LogP contribution in [0.5, 0.6) is 5.75 Å². The molecule has 0 aliphatic rings. The van der Waals surface area contributed by atoms with E-state index >= 15 is 0 Å². The van der Waals surface area contributed by atoms with Crippen LogP contribution in [0.15, 0.2) is 18.2 Å². The van der Waals surface area contributed by atoms with Crippen molar-refractivity contribution in [2.24, 2.45) is 5.92 Å². The van der Waals surface area contributed by atoms with Gasteiger partial charge in [0.1, 0.15) is 11.7 Å². The molecule has 1 aromatic carbocycles. The normalized spacial score (nSPS) is 11.4. The minimum atomic E-state index is -0.756. The molecule has 1 aromatic rings. The fourth-order valence-corrected chi connectivity index (χ4v) is 1.79. The van der Waals surface area contributed by atoms with Crippen molar-refractivity contribution in [2.45, 2.75) is 19.8 Å². The molecule has 0 N–H and O–H groups in total. The Balaban J connectivity index is 2.91. The minimum absolute atomic E-state index is 0.361. The third-order valence-corrected chi connectivity index (χ3v) is 2.81. The van der Waals surface area contributed by atoms with E-state index in [1.165, 1.54) is 7.11 Å². The highest BCUT2D eigenvalue weighted by atomic mass is 16.5. The van der Waals surface area contributed by atoms with E-state index < -0.39 is 11.9 Å². The Morgan fingerprint density at radius 3 is 2.67 bits per heavy atom. The first kappa shape index (κ1) is 14.0. The standard InChI is InChI=1S/C14H17NO3/c1-4-11-7-10(5-6-13(11)17-2)8-12(9-15)14(16)18-3/h5-7,12H,4,8H2,1-3H3. The molecule has 0 saturated heterocycles. The predicted molar refractivity (Wildman–Crippen MR) is 67.2 cm³/mol. The summed E-state index contributed by atoms with van der Waals surface area (Å²) in [7, 11) is 2.92. The van der Waals surface area contributed by atoms with E-state index in [0.717, 1.165) is 23.3 Å². The third kappa shape index (κ3) is 3.24. The molecule has 1 atom stereocenters. The van der Waals surface area contributed by atoms with Gasteiger partial charge in [-0.05, 0) is 30.0 Å². The number of ether oxygens (including phenoxy) is 2. The first-order valence-corrected chi connectivity index (χ1v) is 5.79. The molecule has 0 amide bonds. The number of nitrogens with zero attached hydrogens (tertiary/aromatic N) is 1. The number of hydrogen-bond acceptors (Lipinski definition) is 4. The summed E-state index contributed by atoms with van der Waals surface area (Å²) in [5, 5.41) is 8.94. The third-order valence-electron chi connectivity index (χ3n) is 2.81. The van der Waals surface area contributed by atoms with Crippen molar-refractivity contribution >= 4 is 5.97 Å². The molecule has 0 aliphatic heterocycles. The molecule has 18 heavy (non-hydrogen) atoms. The number of carbonyl (C=O) groups excluding carboxylic acids is 1. The Morgan fingerprint density at radius 2 is 2.17 bits per heavy atom. The maximum absolute atomic E-state index is 11.4. The van der Waals surface area contributed by atoms with Gasteiger partial charge in [-0.25, -0.2) is 0 Å². The summed E-state index contributed by atoms with van der Waals surface area (Å²) in [5.74, 6) is -0.424. The molecule has 1 rings (SSSR count). The van der Waals surface area contributed by atoms with Crippen LogP contribution in [0.1, 0.15) is 18.1 Å². The largest absolute Gasteiger partial charge is 0.496 e. The Hall–Kier alpha value is -2.02. The van der Waals surface area contributed by atoms with Crippen molar-refractivity contribution in [1.29, 1.82) is 5.26 Å². The number of esters is 1. The first-order chi connectivity index (χ1) is 8.65. The maximum Gasteiger partial charge on any atom is 0.323 e. The summed E-state index contributed by atoms with van der Waals surface area (Å²) in [6.07, 6.45) is 1.20. The molecule has 1 unspecified atom stereocenters. The number of carbonyl (C=O) groups is 1. The number of methoxy groups -OCH3 is 2. The summed E-state index contributed by atoms with van der Waals surface area (Å²) >= 11 is 0. The van der Waals surface area contributed by atoms with E-state index in [2.05, 4.69) is 4.74 Å². The summed E-state index contributed by atoms with van der Waals surface area (Å²) < 4.78 is 9.83. The molecule has 0 aromatic heterocycles. The van der Waals surface area contributed by atoms with Gasteiger partial charge in [-0.2, -0.15) is 5.26 Å². The van der Waals surface area contributed by atoms with Crippen LogP contribution in [0.2, 0.25) is 0 Å². The van der Waals surface area contributed by atoms with Gasteiger partial charge >= 0.3 is 5.97 Å². The fraction of sp³-hybridized carbons (Fsp3) is 0.429. The number of aryl methyl sites for hydroxylation is 1. The van der Waals surface area contributed by atoms with Crippen LogP contribution < -0.4 is 4.74 Å². The highest BCUT2D eigenvalue weighted by molar-refractivity contribution is 5.75. The van der Waals surface area contributed by atoms with E-state index in [1.54, 1.807) is 7.11 Å². The summed E-state index contributed by atoms with van der Waals surface area (Å²) in [4.78, 5) is 11.4. The molecule has 0 fully saturated rings. The molecule has 96 valence electrons. The van der Waals surface area contributed by atoms with Crippen LogP contribution in [-0.2, 0) is 22.4 Å². The molecule has 0 heterocycles. The molecule has 0 spiro atoms. The Bertz CT molecular complexity index is 463. The van der Waals surface area contributed by atoms with Gasteiger partial charge < -0.3 is 9.47 Å². The van der Waals surface area contributed by atoms with Crippen molar-refractivity contribution in [3.63, 3.8) is 0 Å². The zero-order valence-corrected chi connectivity index (χ0v) is 10.9. The zero-order chi connectivity index (χ0) is 13.5. The van der Waals surface area contributed by atoms with Gasteiger partial charge in [0.05, 0.1) is 20.3 Å². The quantitative estimate of drug-likeness (QED) is 0.748. The number of hydrogen-bond donors (Lipinski definition) is 0. The van der Waals surface area contributed by atoms with Gasteiger partial charge in [-0.3, -0.25) is 4.79 Å². The lowest BCUT2D eigenvalue weighted by atomic mass is 9.98. The zero-order valence-electron chi connectivity index (χ0n) is 10.9. The van der Waals surface area contributed by atoms with Crippen LogP contribution in [0, 0.1) is 17.2 Å². The second-order valence-electron chi connectivity index (χ2n) is 3.91. The number of rotatable bonds is 5. The lowest BCUT2D eigenvalue weighted by Crippen LogP contribution is -2.16. The first-order valence-electron chi connectivity index (χ1n) is 5.79. The van der Waals surface area contributed by atoms with Crippen molar-refractivity contribution in [3.05, 3.63) is 29.3 Å². The van der Waals surface area contributed by atoms with Gasteiger partial charge in [0.2, 0.25) is 0 Å². The van der Waals surface area contributed by atoms with Crippen molar-refractivity contribution in [2.75, 3.05) is 14.2 Å². The van der Waals surface area contributed by atoms with Crippen LogP contribution in [-0.4, -0.2) is 20.2 Å². The topological polar surface area (TPSA) is 59.3 Å². The van der Waals surface area contributed by atoms with Gasteiger partial charge in [0.15, 0.2) is 0 Å². The smallest absolute Gasteiger partial charge is 0.323 e. The van der Waals surface area contributed by atoms with E-state index in [9.17, 15) is 4.79 Å². The van der Waals surface area contributed by atoms with Crippen LogP contribution in [0.3, 0.4) is 0 Å². The average Bonchev–Trinajstić information content (AvgIpc) is 2.43. The molecule has 4 heteroatoms. The van der Waals surface area contributed by atoms with E-state index in [0.29, 0.717) is 6.42 Å². The average molecular weight is 247 g/mol. The maximum atomic E-state index is 11.4. The lowest BCUT2D eigenvalue weighted by Gasteiger charge is -2.11. The van der Waals surface area contributed by atoms with Crippen molar-refractivity contribution in [1.82, 2.24) is 0 Å². The van der Waals surface area contributed by atoms with Crippen molar-refractivity contribution < 1.29 is 14.3 Å². The predicted octanol–water partition coefficient (Wildman–Crippen LogP) is 2.11. The SMILES string of the molecule is CCc1cc(CC(C#N)C(=O)OC)ccc1OC. The Labute approximate surface area is 107 Å². The molecule has 0 radical (unpaired) electrons. The van der Waals surface area contributed by atoms with E-state index in [-0.39, 0.29) is 0 Å². The molecule has 0 bridgehead atoms. The Morgan fingerprint density at radius 1 is 1.44 bits per heavy atom. The second-order valence-corrected chi connectivity index (χ2v) is 3.91. The highest BCUT2D eigenvalue weighted by Crippen LogP contribution is 2.22. The summed E-state index contributed by atoms with van der Waals surface area (Å²) in [6, 6.07) is 7.65. The van der Waals surface area contributed by atoms with Gasteiger partial charge in [-0.1, -0.05) is 19.1 Å². The van der Waals surface area contributed by atoms with E-state index in [1.807, 2.05) is 31.2 Å². The second kappa shape index (κ2) is 6.65. The van der Waals surface area contributed by atoms with Gasteiger partial charge in [0.25, 0.3) is 0 Å². The van der Waals surface area contributed by atoms with Gasteiger partial charge in [-0.15, -0.1) is 0 Å². The lowest BCUT2D eigenvalue weighted by molar-refractivity contribution is -0.143.